The molecule has 5 nitrogen and oxygen atoms in total. The fraction of sp³-hybridized carbons (Fsp3) is 0.235. The Labute approximate surface area is 155 Å². The highest BCUT2D eigenvalue weighted by atomic mass is 79.9. The number of rotatable bonds is 4. The van der Waals surface area contributed by atoms with Crippen molar-refractivity contribution >= 4 is 43.5 Å². The number of carbonyl (C=O) groups excluding carboxylic acids is 1. The van der Waals surface area contributed by atoms with Crippen molar-refractivity contribution in [1.82, 2.24) is 9.55 Å². The number of halogens is 2. The molecule has 3 rings (SSSR count). The van der Waals surface area contributed by atoms with Crippen molar-refractivity contribution in [1.29, 1.82) is 0 Å². The Morgan fingerprint density at radius 2 is 2.16 bits per heavy atom. The fourth-order valence-corrected chi connectivity index (χ4v) is 3.69. The lowest BCUT2D eigenvalue weighted by Gasteiger charge is -2.07. The zero-order valence-electron chi connectivity index (χ0n) is 13.5. The topological polar surface area (TPSA) is 61.2 Å². The molecule has 130 valence electrons. The normalized spacial score (nSPS) is 11.0. The first-order valence-electron chi connectivity index (χ1n) is 7.47. The van der Waals surface area contributed by atoms with E-state index in [0.29, 0.717) is 14.7 Å². The van der Waals surface area contributed by atoms with E-state index in [9.17, 15) is 14.0 Å². The molecule has 1 aromatic carbocycles. The molecule has 0 unspecified atom stereocenters. The predicted molar refractivity (Wildman–Crippen MR) is 97.7 cm³/mol. The molecule has 3 aromatic rings. The van der Waals surface area contributed by atoms with E-state index in [2.05, 4.69) is 20.9 Å². The molecule has 0 spiro atoms. The van der Waals surface area contributed by atoms with E-state index >= 15 is 0 Å². The summed E-state index contributed by atoms with van der Waals surface area (Å²) in [5, 5.41) is 0.581. The van der Waals surface area contributed by atoms with Gasteiger partial charge in [0.25, 0.3) is 5.56 Å². The van der Waals surface area contributed by atoms with E-state index < -0.39 is 11.8 Å². The molecule has 0 atom stereocenters. The first-order chi connectivity index (χ1) is 11.9. The van der Waals surface area contributed by atoms with Crippen LogP contribution >= 0.6 is 27.3 Å². The molecule has 0 bridgehead atoms. The van der Waals surface area contributed by atoms with Gasteiger partial charge < -0.3 is 4.74 Å². The van der Waals surface area contributed by atoms with Gasteiger partial charge in [-0.25, -0.2) is 9.37 Å². The van der Waals surface area contributed by atoms with Gasteiger partial charge in [-0.2, -0.15) is 0 Å². The van der Waals surface area contributed by atoms with Gasteiger partial charge in [0, 0.05) is 15.9 Å². The number of thiophene rings is 1. The quantitative estimate of drug-likeness (QED) is 0.469. The summed E-state index contributed by atoms with van der Waals surface area (Å²) in [4.78, 5) is 30.5. The van der Waals surface area contributed by atoms with Crippen molar-refractivity contribution < 1.29 is 13.9 Å². The van der Waals surface area contributed by atoms with Gasteiger partial charge in [-0.05, 0) is 37.6 Å². The number of hydrogen-bond donors (Lipinski definition) is 0. The molecule has 2 heterocycles. The van der Waals surface area contributed by atoms with Gasteiger partial charge in [0.15, 0.2) is 11.6 Å². The van der Waals surface area contributed by atoms with Gasteiger partial charge in [0.2, 0.25) is 0 Å². The largest absolute Gasteiger partial charge is 0.423 e. The number of nitrogens with zero attached hydrogens (tertiary/aromatic N) is 2. The molecule has 0 saturated carbocycles. The van der Waals surface area contributed by atoms with E-state index in [1.165, 1.54) is 34.4 Å². The zero-order chi connectivity index (χ0) is 18.1. The van der Waals surface area contributed by atoms with Crippen LogP contribution in [-0.2, 0) is 11.3 Å². The SMILES string of the molecule is Cc1sc2ncn(CCC(=O)Oc3ccc(Br)cc3F)c(=O)c2c1C. The Bertz CT molecular complexity index is 1030. The Morgan fingerprint density at radius 1 is 1.40 bits per heavy atom. The van der Waals surface area contributed by atoms with Crippen LogP contribution in [0.3, 0.4) is 0 Å². The molecule has 0 aliphatic rings. The van der Waals surface area contributed by atoms with Crippen LogP contribution in [-0.4, -0.2) is 15.5 Å². The third-order valence-electron chi connectivity index (χ3n) is 3.83. The van der Waals surface area contributed by atoms with E-state index in [-0.39, 0.29) is 24.3 Å². The van der Waals surface area contributed by atoms with E-state index in [4.69, 9.17) is 4.74 Å². The minimum Gasteiger partial charge on any atom is -0.423 e. The summed E-state index contributed by atoms with van der Waals surface area (Å²) in [5.41, 5.74) is 0.723. The maximum Gasteiger partial charge on any atom is 0.313 e. The van der Waals surface area contributed by atoms with E-state index in [0.717, 1.165) is 10.4 Å². The molecule has 0 aliphatic heterocycles. The standard InChI is InChI=1S/C17H14BrFN2O3S/c1-9-10(2)25-16-15(9)17(23)21(8-20-16)6-5-14(22)24-13-4-3-11(18)7-12(13)19/h3-4,7-8H,5-6H2,1-2H3. The van der Waals surface area contributed by atoms with Gasteiger partial charge in [0.1, 0.15) is 4.83 Å². The number of fused-ring (bicyclic) bond motifs is 1. The van der Waals surface area contributed by atoms with Crippen molar-refractivity contribution in [2.45, 2.75) is 26.8 Å². The Balaban J connectivity index is 1.74. The smallest absolute Gasteiger partial charge is 0.313 e. The van der Waals surface area contributed by atoms with E-state index in [1.807, 2.05) is 13.8 Å². The second kappa shape index (κ2) is 7.05. The monoisotopic (exact) mass is 424 g/mol. The summed E-state index contributed by atoms with van der Waals surface area (Å²) in [7, 11) is 0. The maximum absolute atomic E-state index is 13.7. The fourth-order valence-electron chi connectivity index (χ4n) is 2.37. The van der Waals surface area contributed by atoms with Gasteiger partial charge in [-0.1, -0.05) is 15.9 Å². The number of carbonyl (C=O) groups is 1. The van der Waals surface area contributed by atoms with Crippen molar-refractivity contribution in [3.05, 3.63) is 55.6 Å². The number of aromatic nitrogens is 2. The molecule has 0 amide bonds. The lowest BCUT2D eigenvalue weighted by molar-refractivity contribution is -0.134. The molecule has 0 saturated heterocycles. The first-order valence-corrected chi connectivity index (χ1v) is 9.08. The van der Waals surface area contributed by atoms with Crippen LogP contribution < -0.4 is 10.3 Å². The van der Waals surface area contributed by atoms with Crippen LogP contribution in [0.25, 0.3) is 10.2 Å². The summed E-state index contributed by atoms with van der Waals surface area (Å²) >= 11 is 4.60. The van der Waals surface area contributed by atoms with Crippen LogP contribution in [0.5, 0.6) is 5.75 Å². The number of hydrogen-bond acceptors (Lipinski definition) is 5. The molecule has 0 radical (unpaired) electrons. The average molecular weight is 425 g/mol. The van der Waals surface area contributed by atoms with Crippen molar-refractivity contribution in [2.24, 2.45) is 0 Å². The summed E-state index contributed by atoms with van der Waals surface area (Å²) in [6.07, 6.45) is 1.36. The molecule has 2 aromatic heterocycles. The Kier molecular flexibility index (Phi) is 5.01. The van der Waals surface area contributed by atoms with Crippen LogP contribution in [0.2, 0.25) is 0 Å². The molecule has 0 fully saturated rings. The molecule has 8 heteroatoms. The van der Waals surface area contributed by atoms with Gasteiger partial charge in [-0.15, -0.1) is 11.3 Å². The van der Waals surface area contributed by atoms with Crippen LogP contribution in [0.1, 0.15) is 16.9 Å². The summed E-state index contributed by atoms with van der Waals surface area (Å²) in [6.45, 7) is 3.94. The minimum absolute atomic E-state index is 0.0647. The second-order valence-corrected chi connectivity index (χ2v) is 7.62. The Hall–Kier alpha value is -2.06. The average Bonchev–Trinajstić information content (AvgIpc) is 2.85. The highest BCUT2D eigenvalue weighted by Gasteiger charge is 2.14. The molecular formula is C17H14BrFN2O3S. The number of benzene rings is 1. The molecule has 0 N–H and O–H groups in total. The van der Waals surface area contributed by atoms with Crippen molar-refractivity contribution in [3.63, 3.8) is 0 Å². The van der Waals surface area contributed by atoms with Crippen molar-refractivity contribution in [3.8, 4) is 5.75 Å². The third-order valence-corrected chi connectivity index (χ3v) is 5.44. The number of ether oxygens (including phenoxy) is 1. The third kappa shape index (κ3) is 3.64. The molecular weight excluding hydrogens is 411 g/mol. The van der Waals surface area contributed by atoms with Crippen LogP contribution in [0.15, 0.2) is 33.8 Å². The van der Waals surface area contributed by atoms with Gasteiger partial charge in [-0.3, -0.25) is 14.2 Å². The second-order valence-electron chi connectivity index (χ2n) is 5.51. The van der Waals surface area contributed by atoms with Gasteiger partial charge in [0.05, 0.1) is 18.1 Å². The molecule has 0 aliphatic carbocycles. The van der Waals surface area contributed by atoms with E-state index in [1.54, 1.807) is 6.07 Å². The zero-order valence-corrected chi connectivity index (χ0v) is 15.9. The van der Waals surface area contributed by atoms with Crippen molar-refractivity contribution in [2.75, 3.05) is 0 Å². The minimum atomic E-state index is -0.632. The first kappa shape index (κ1) is 17.8. The predicted octanol–water partition coefficient (Wildman–Crippen LogP) is 3.97. The summed E-state index contributed by atoms with van der Waals surface area (Å²) in [5.74, 6) is -1.39. The lowest BCUT2D eigenvalue weighted by Crippen LogP contribution is -2.23. The highest BCUT2D eigenvalue weighted by Crippen LogP contribution is 2.25. The maximum atomic E-state index is 13.7. The lowest BCUT2D eigenvalue weighted by atomic mass is 10.2. The molecule has 25 heavy (non-hydrogen) atoms. The highest BCUT2D eigenvalue weighted by molar-refractivity contribution is 9.10. The van der Waals surface area contributed by atoms with Crippen LogP contribution in [0.4, 0.5) is 4.39 Å². The number of esters is 1. The Morgan fingerprint density at radius 3 is 2.88 bits per heavy atom. The summed E-state index contributed by atoms with van der Waals surface area (Å²) < 4.78 is 20.6. The summed E-state index contributed by atoms with van der Waals surface area (Å²) in [6, 6.07) is 4.16. The van der Waals surface area contributed by atoms with Crippen LogP contribution in [0, 0.1) is 19.7 Å². The number of aryl methyl sites for hydroxylation is 3. The van der Waals surface area contributed by atoms with Gasteiger partial charge >= 0.3 is 5.97 Å².